The minimum absolute atomic E-state index is 0.153. The molecule has 0 atom stereocenters. The van der Waals surface area contributed by atoms with E-state index in [4.69, 9.17) is 0 Å². The quantitative estimate of drug-likeness (QED) is 0.605. The summed E-state index contributed by atoms with van der Waals surface area (Å²) >= 11 is 1.43. The fourth-order valence-electron chi connectivity index (χ4n) is 1.48. The zero-order valence-corrected chi connectivity index (χ0v) is 10.1. The maximum absolute atomic E-state index is 10.9. The Hall–Kier alpha value is -1.81. The Morgan fingerprint density at radius 1 is 1.00 bits per heavy atom. The standard InChI is InChI=1S/C13H11NO2S/c1-10-6-2-4-8-12(10)17-13-9-5-3-7-11(13)14(15)16/h2-9H,1H3. The van der Waals surface area contributed by atoms with Gasteiger partial charge in [0, 0.05) is 11.0 Å². The highest BCUT2D eigenvalue weighted by atomic mass is 32.2. The van der Waals surface area contributed by atoms with Crippen molar-refractivity contribution in [2.24, 2.45) is 0 Å². The van der Waals surface area contributed by atoms with E-state index in [1.54, 1.807) is 12.1 Å². The Morgan fingerprint density at radius 3 is 2.24 bits per heavy atom. The second-order valence-electron chi connectivity index (χ2n) is 3.59. The monoisotopic (exact) mass is 245 g/mol. The molecule has 2 aromatic carbocycles. The van der Waals surface area contributed by atoms with E-state index in [-0.39, 0.29) is 10.6 Å². The SMILES string of the molecule is Cc1ccccc1Sc1ccccc1[N+](=O)[O-]. The molecular formula is C13H11NO2S. The molecule has 0 bridgehead atoms. The molecule has 0 saturated carbocycles. The summed E-state index contributed by atoms with van der Waals surface area (Å²) < 4.78 is 0. The van der Waals surface area contributed by atoms with Crippen molar-refractivity contribution < 1.29 is 4.92 Å². The maximum atomic E-state index is 10.9. The number of hydrogen-bond acceptors (Lipinski definition) is 3. The van der Waals surface area contributed by atoms with Gasteiger partial charge in [0.15, 0.2) is 0 Å². The molecule has 0 radical (unpaired) electrons. The molecule has 0 aliphatic carbocycles. The van der Waals surface area contributed by atoms with Crippen LogP contribution in [0.3, 0.4) is 0 Å². The van der Waals surface area contributed by atoms with Crippen molar-refractivity contribution in [3.63, 3.8) is 0 Å². The van der Waals surface area contributed by atoms with E-state index in [0.717, 1.165) is 10.5 Å². The fourth-order valence-corrected chi connectivity index (χ4v) is 2.49. The fraction of sp³-hybridized carbons (Fsp3) is 0.0769. The summed E-state index contributed by atoms with van der Waals surface area (Å²) in [6.45, 7) is 2.00. The normalized spacial score (nSPS) is 10.2. The van der Waals surface area contributed by atoms with E-state index in [1.807, 2.05) is 37.3 Å². The van der Waals surface area contributed by atoms with E-state index in [1.165, 1.54) is 17.8 Å². The van der Waals surface area contributed by atoms with Crippen molar-refractivity contribution >= 4 is 17.4 Å². The first-order chi connectivity index (χ1) is 8.18. The second kappa shape index (κ2) is 5.01. The van der Waals surface area contributed by atoms with Gasteiger partial charge in [0.05, 0.1) is 9.82 Å². The summed E-state index contributed by atoms with van der Waals surface area (Å²) in [4.78, 5) is 12.3. The number of hydrogen-bond donors (Lipinski definition) is 0. The van der Waals surface area contributed by atoms with Crippen LogP contribution in [0.4, 0.5) is 5.69 Å². The first-order valence-corrected chi connectivity index (χ1v) is 5.97. The van der Waals surface area contributed by atoms with E-state index < -0.39 is 0 Å². The van der Waals surface area contributed by atoms with Crippen LogP contribution in [0, 0.1) is 17.0 Å². The zero-order valence-electron chi connectivity index (χ0n) is 9.29. The van der Waals surface area contributed by atoms with E-state index >= 15 is 0 Å². The van der Waals surface area contributed by atoms with Crippen LogP contribution in [-0.2, 0) is 0 Å². The minimum atomic E-state index is -0.347. The molecule has 0 spiro atoms. The predicted octanol–water partition coefficient (Wildman–Crippen LogP) is 4.05. The lowest BCUT2D eigenvalue weighted by Gasteiger charge is -2.05. The predicted molar refractivity (Wildman–Crippen MR) is 68.4 cm³/mol. The zero-order chi connectivity index (χ0) is 12.3. The molecule has 3 nitrogen and oxygen atoms in total. The van der Waals surface area contributed by atoms with Gasteiger partial charge in [0.2, 0.25) is 0 Å². The molecule has 0 aliphatic heterocycles. The second-order valence-corrected chi connectivity index (χ2v) is 4.68. The van der Waals surface area contributed by atoms with Crippen LogP contribution in [0.25, 0.3) is 0 Å². The van der Waals surface area contributed by atoms with Gasteiger partial charge in [-0.15, -0.1) is 0 Å². The van der Waals surface area contributed by atoms with E-state index in [9.17, 15) is 10.1 Å². The molecule has 2 aromatic rings. The van der Waals surface area contributed by atoms with Gasteiger partial charge in [-0.25, -0.2) is 0 Å². The Kier molecular flexibility index (Phi) is 3.44. The number of benzene rings is 2. The van der Waals surface area contributed by atoms with Crippen molar-refractivity contribution in [2.75, 3.05) is 0 Å². The van der Waals surface area contributed by atoms with Gasteiger partial charge < -0.3 is 0 Å². The third-order valence-electron chi connectivity index (χ3n) is 2.38. The van der Waals surface area contributed by atoms with Crippen LogP contribution < -0.4 is 0 Å². The minimum Gasteiger partial charge on any atom is -0.258 e. The first kappa shape index (κ1) is 11.7. The summed E-state index contributed by atoms with van der Waals surface area (Å²) in [5, 5.41) is 10.9. The number of nitro groups is 1. The average molecular weight is 245 g/mol. The first-order valence-electron chi connectivity index (χ1n) is 5.15. The molecule has 0 unspecified atom stereocenters. The van der Waals surface area contributed by atoms with Crippen molar-refractivity contribution in [1.82, 2.24) is 0 Å². The molecule has 4 heteroatoms. The molecule has 0 N–H and O–H groups in total. The molecule has 0 saturated heterocycles. The van der Waals surface area contributed by atoms with E-state index in [0.29, 0.717) is 4.90 Å². The van der Waals surface area contributed by atoms with Crippen molar-refractivity contribution in [1.29, 1.82) is 0 Å². The molecule has 0 amide bonds. The van der Waals surface area contributed by atoms with E-state index in [2.05, 4.69) is 0 Å². The van der Waals surface area contributed by atoms with Gasteiger partial charge in [0.1, 0.15) is 0 Å². The number of nitro benzene ring substituents is 1. The Bertz CT molecular complexity index is 555. The molecule has 0 fully saturated rings. The molecule has 0 aromatic heterocycles. The van der Waals surface area contributed by atoms with Crippen molar-refractivity contribution in [2.45, 2.75) is 16.7 Å². The van der Waals surface area contributed by atoms with Gasteiger partial charge >= 0.3 is 0 Å². The smallest absolute Gasteiger partial charge is 0.258 e. The topological polar surface area (TPSA) is 43.1 Å². The lowest BCUT2D eigenvalue weighted by molar-refractivity contribution is -0.387. The number of para-hydroxylation sites is 1. The molecular weight excluding hydrogens is 234 g/mol. The number of nitrogens with zero attached hydrogens (tertiary/aromatic N) is 1. The Morgan fingerprint density at radius 2 is 1.59 bits per heavy atom. The lowest BCUT2D eigenvalue weighted by atomic mass is 10.2. The summed E-state index contributed by atoms with van der Waals surface area (Å²) in [5.41, 5.74) is 1.27. The van der Waals surface area contributed by atoms with Crippen LogP contribution in [0.15, 0.2) is 58.3 Å². The number of aryl methyl sites for hydroxylation is 1. The van der Waals surface area contributed by atoms with Crippen molar-refractivity contribution in [3.05, 3.63) is 64.2 Å². The number of rotatable bonds is 3. The molecule has 0 aliphatic rings. The summed E-state index contributed by atoms with van der Waals surface area (Å²) in [6.07, 6.45) is 0. The van der Waals surface area contributed by atoms with Crippen LogP contribution in [0.2, 0.25) is 0 Å². The van der Waals surface area contributed by atoms with Crippen LogP contribution in [0.5, 0.6) is 0 Å². The average Bonchev–Trinajstić information content (AvgIpc) is 2.32. The van der Waals surface area contributed by atoms with Crippen molar-refractivity contribution in [3.8, 4) is 0 Å². The van der Waals surface area contributed by atoms with Gasteiger partial charge in [0.25, 0.3) is 5.69 Å². The lowest BCUT2D eigenvalue weighted by Crippen LogP contribution is -1.90. The Balaban J connectivity index is 2.37. The van der Waals surface area contributed by atoms with Crippen LogP contribution in [0.1, 0.15) is 5.56 Å². The third kappa shape index (κ3) is 2.65. The Labute approximate surface area is 104 Å². The molecule has 17 heavy (non-hydrogen) atoms. The summed E-state index contributed by atoms with van der Waals surface area (Å²) in [6, 6.07) is 14.7. The third-order valence-corrected chi connectivity index (χ3v) is 3.62. The van der Waals surface area contributed by atoms with Gasteiger partial charge in [-0.3, -0.25) is 10.1 Å². The highest BCUT2D eigenvalue weighted by Gasteiger charge is 2.13. The van der Waals surface area contributed by atoms with Gasteiger partial charge in [-0.2, -0.15) is 0 Å². The largest absolute Gasteiger partial charge is 0.283 e. The summed E-state index contributed by atoms with van der Waals surface area (Å²) in [7, 11) is 0. The summed E-state index contributed by atoms with van der Waals surface area (Å²) in [5.74, 6) is 0. The van der Waals surface area contributed by atoms with Gasteiger partial charge in [-0.05, 0) is 24.6 Å². The highest BCUT2D eigenvalue weighted by Crippen LogP contribution is 2.35. The molecule has 0 heterocycles. The van der Waals surface area contributed by atoms with Gasteiger partial charge in [-0.1, -0.05) is 42.1 Å². The molecule has 2 rings (SSSR count). The maximum Gasteiger partial charge on any atom is 0.283 e. The van der Waals surface area contributed by atoms with Crippen LogP contribution >= 0.6 is 11.8 Å². The highest BCUT2D eigenvalue weighted by molar-refractivity contribution is 7.99. The molecule has 86 valence electrons. The van der Waals surface area contributed by atoms with Crippen LogP contribution in [-0.4, -0.2) is 4.92 Å².